The summed E-state index contributed by atoms with van der Waals surface area (Å²) in [6, 6.07) is 15.1. The number of benzene rings is 2. The van der Waals surface area contributed by atoms with Crippen molar-refractivity contribution in [1.29, 1.82) is 0 Å². The van der Waals surface area contributed by atoms with Crippen LogP contribution in [-0.2, 0) is 22.6 Å². The van der Waals surface area contributed by atoms with Crippen LogP contribution in [0.4, 0.5) is 4.39 Å². The fourth-order valence-corrected chi connectivity index (χ4v) is 4.04. The molecule has 174 valence electrons. The predicted octanol–water partition coefficient (Wildman–Crippen LogP) is 3.82. The molecule has 0 atom stereocenters. The summed E-state index contributed by atoms with van der Waals surface area (Å²) in [5, 5.41) is 14.8. The highest BCUT2D eigenvalue weighted by atomic mass is 19.1. The lowest BCUT2D eigenvalue weighted by Crippen LogP contribution is -2.34. The van der Waals surface area contributed by atoms with Gasteiger partial charge in [-0.15, -0.1) is 6.58 Å². The summed E-state index contributed by atoms with van der Waals surface area (Å²) in [6.07, 6.45) is 5.39. The summed E-state index contributed by atoms with van der Waals surface area (Å²) >= 11 is 0. The standard InChI is InChI=1S/C23H26FN3.C2H2O4/c1-2-13-26-14-11-18(12-15-26)16-23-25-21-5-3-4-6-22(21)27(23)17-19-7-9-20(24)10-8-19;3-1(4)2(5)6/h2-10,18H,1,11-17H2;(H,3,4)(H,5,6). The number of hydrogen-bond acceptors (Lipinski definition) is 4. The lowest BCUT2D eigenvalue weighted by molar-refractivity contribution is -0.159. The molecule has 1 aliphatic rings. The molecule has 1 saturated heterocycles. The second-order valence-corrected chi connectivity index (χ2v) is 8.08. The van der Waals surface area contributed by atoms with Crippen LogP contribution >= 0.6 is 0 Å². The van der Waals surface area contributed by atoms with Gasteiger partial charge in [0.25, 0.3) is 0 Å². The highest BCUT2D eigenvalue weighted by molar-refractivity contribution is 6.27. The molecular formula is C25H28FN3O4. The minimum absolute atomic E-state index is 0.194. The zero-order chi connectivity index (χ0) is 23.8. The Morgan fingerprint density at radius 3 is 2.30 bits per heavy atom. The largest absolute Gasteiger partial charge is 0.473 e. The van der Waals surface area contributed by atoms with Crippen molar-refractivity contribution in [1.82, 2.24) is 14.5 Å². The highest BCUT2D eigenvalue weighted by Gasteiger charge is 2.21. The molecule has 1 aromatic heterocycles. The van der Waals surface area contributed by atoms with Gasteiger partial charge in [0, 0.05) is 19.5 Å². The molecule has 7 nitrogen and oxygen atoms in total. The molecule has 0 amide bonds. The Hall–Kier alpha value is -3.52. The van der Waals surface area contributed by atoms with E-state index in [2.05, 4.69) is 34.2 Å². The Balaban J connectivity index is 0.000000454. The molecule has 3 aromatic rings. The summed E-state index contributed by atoms with van der Waals surface area (Å²) < 4.78 is 15.6. The molecule has 1 fully saturated rings. The predicted molar refractivity (Wildman–Crippen MR) is 124 cm³/mol. The van der Waals surface area contributed by atoms with Gasteiger partial charge in [-0.3, -0.25) is 4.90 Å². The number of carbonyl (C=O) groups is 2. The maximum atomic E-state index is 13.3. The first-order valence-corrected chi connectivity index (χ1v) is 10.9. The number of hydrogen-bond donors (Lipinski definition) is 2. The van der Waals surface area contributed by atoms with Crippen LogP contribution in [0.5, 0.6) is 0 Å². The van der Waals surface area contributed by atoms with E-state index in [-0.39, 0.29) is 5.82 Å². The average Bonchev–Trinajstić information content (AvgIpc) is 3.14. The Kier molecular flexibility index (Phi) is 8.32. The third-order valence-electron chi connectivity index (χ3n) is 5.74. The maximum absolute atomic E-state index is 13.3. The number of likely N-dealkylation sites (tertiary alicyclic amines) is 1. The molecule has 0 aliphatic carbocycles. The summed E-state index contributed by atoms with van der Waals surface area (Å²) in [6.45, 7) is 7.82. The van der Waals surface area contributed by atoms with Crippen molar-refractivity contribution in [2.45, 2.75) is 25.8 Å². The number of carboxylic acids is 2. The molecule has 0 unspecified atom stereocenters. The van der Waals surface area contributed by atoms with Crippen LogP contribution in [-0.4, -0.2) is 56.2 Å². The summed E-state index contributed by atoms with van der Waals surface area (Å²) in [4.78, 5) is 25.6. The molecule has 2 aromatic carbocycles. The van der Waals surface area contributed by atoms with Gasteiger partial charge in [0.05, 0.1) is 11.0 Å². The number of halogens is 1. The first-order chi connectivity index (χ1) is 15.9. The molecule has 0 bridgehead atoms. The minimum Gasteiger partial charge on any atom is -0.473 e. The van der Waals surface area contributed by atoms with E-state index < -0.39 is 11.9 Å². The number of fused-ring (bicyclic) bond motifs is 1. The number of rotatable bonds is 6. The fourth-order valence-electron chi connectivity index (χ4n) is 4.04. The van der Waals surface area contributed by atoms with Gasteiger partial charge in [-0.05, 0) is 61.7 Å². The Labute approximate surface area is 191 Å². The minimum atomic E-state index is -1.82. The first-order valence-electron chi connectivity index (χ1n) is 10.9. The lowest BCUT2D eigenvalue weighted by atomic mass is 9.93. The van der Waals surface area contributed by atoms with Crippen molar-refractivity contribution in [2.75, 3.05) is 19.6 Å². The van der Waals surface area contributed by atoms with E-state index in [1.807, 2.05) is 24.3 Å². The zero-order valence-electron chi connectivity index (χ0n) is 18.4. The molecule has 0 saturated carbocycles. The second-order valence-electron chi connectivity index (χ2n) is 8.08. The van der Waals surface area contributed by atoms with E-state index in [9.17, 15) is 4.39 Å². The molecule has 2 heterocycles. The number of nitrogens with zero attached hydrogens (tertiary/aromatic N) is 3. The third-order valence-corrected chi connectivity index (χ3v) is 5.74. The van der Waals surface area contributed by atoms with Crippen LogP contribution in [0.25, 0.3) is 11.0 Å². The van der Waals surface area contributed by atoms with Crippen molar-refractivity contribution >= 4 is 23.0 Å². The van der Waals surface area contributed by atoms with E-state index in [1.54, 1.807) is 0 Å². The molecule has 1 aliphatic heterocycles. The van der Waals surface area contributed by atoms with Crippen LogP contribution < -0.4 is 0 Å². The van der Waals surface area contributed by atoms with Gasteiger partial charge in [0.2, 0.25) is 0 Å². The molecule has 4 rings (SSSR count). The van der Waals surface area contributed by atoms with E-state index in [4.69, 9.17) is 24.8 Å². The lowest BCUT2D eigenvalue weighted by Gasteiger charge is -2.31. The van der Waals surface area contributed by atoms with E-state index in [1.165, 1.54) is 25.0 Å². The Bertz CT molecular complexity index is 1090. The third kappa shape index (κ3) is 6.73. The molecule has 0 radical (unpaired) electrons. The number of aromatic nitrogens is 2. The van der Waals surface area contributed by atoms with Gasteiger partial charge in [-0.2, -0.15) is 0 Å². The molecule has 33 heavy (non-hydrogen) atoms. The van der Waals surface area contributed by atoms with Gasteiger partial charge in [-0.25, -0.2) is 19.0 Å². The zero-order valence-corrected chi connectivity index (χ0v) is 18.4. The smallest absolute Gasteiger partial charge is 0.414 e. The molecule has 8 heteroatoms. The maximum Gasteiger partial charge on any atom is 0.414 e. The summed E-state index contributed by atoms with van der Waals surface area (Å²) in [7, 11) is 0. The van der Waals surface area contributed by atoms with Gasteiger partial charge in [0.15, 0.2) is 0 Å². The van der Waals surface area contributed by atoms with Gasteiger partial charge in [-0.1, -0.05) is 30.3 Å². The van der Waals surface area contributed by atoms with Gasteiger partial charge in [0.1, 0.15) is 11.6 Å². The summed E-state index contributed by atoms with van der Waals surface area (Å²) in [5.74, 6) is -2.04. The van der Waals surface area contributed by atoms with Crippen LogP contribution in [0.3, 0.4) is 0 Å². The molecule has 2 N–H and O–H groups in total. The van der Waals surface area contributed by atoms with Crippen molar-refractivity contribution in [3.05, 3.63) is 78.4 Å². The average molecular weight is 454 g/mol. The van der Waals surface area contributed by atoms with E-state index in [0.717, 1.165) is 55.0 Å². The monoisotopic (exact) mass is 453 g/mol. The van der Waals surface area contributed by atoms with Crippen molar-refractivity contribution < 1.29 is 24.2 Å². The van der Waals surface area contributed by atoms with Crippen LogP contribution in [0, 0.1) is 11.7 Å². The normalized spacial score (nSPS) is 14.5. The van der Waals surface area contributed by atoms with E-state index >= 15 is 0 Å². The van der Waals surface area contributed by atoms with Crippen molar-refractivity contribution in [3.63, 3.8) is 0 Å². The number of imidazole rings is 1. The fraction of sp³-hybridized carbons (Fsp3) is 0.320. The van der Waals surface area contributed by atoms with Crippen LogP contribution in [0.1, 0.15) is 24.2 Å². The van der Waals surface area contributed by atoms with E-state index in [0.29, 0.717) is 5.92 Å². The summed E-state index contributed by atoms with van der Waals surface area (Å²) in [5.41, 5.74) is 3.29. The number of piperidine rings is 1. The number of para-hydroxylation sites is 2. The van der Waals surface area contributed by atoms with Gasteiger partial charge < -0.3 is 14.8 Å². The quantitative estimate of drug-likeness (QED) is 0.435. The SMILES string of the molecule is C=CCN1CCC(Cc2nc3ccccc3n2Cc2ccc(F)cc2)CC1.O=C(O)C(=O)O. The molecular weight excluding hydrogens is 425 g/mol. The Morgan fingerprint density at radius 2 is 1.70 bits per heavy atom. The van der Waals surface area contributed by atoms with Crippen LogP contribution in [0.2, 0.25) is 0 Å². The van der Waals surface area contributed by atoms with Crippen LogP contribution in [0.15, 0.2) is 61.2 Å². The van der Waals surface area contributed by atoms with Crippen molar-refractivity contribution in [3.8, 4) is 0 Å². The van der Waals surface area contributed by atoms with Crippen molar-refractivity contribution in [2.24, 2.45) is 5.92 Å². The molecule has 0 spiro atoms. The Morgan fingerprint density at radius 1 is 1.06 bits per heavy atom. The number of aliphatic carboxylic acids is 2. The first kappa shape index (κ1) is 24.1. The number of carboxylic acid groups (broad SMARTS) is 2. The second kappa shape index (κ2) is 11.4. The highest BCUT2D eigenvalue weighted by Crippen LogP contribution is 2.25. The van der Waals surface area contributed by atoms with Gasteiger partial charge >= 0.3 is 11.9 Å². The topological polar surface area (TPSA) is 95.7 Å².